The smallest absolute Gasteiger partial charge is 0.255 e. The molecule has 5 aromatic rings. The minimum atomic E-state index is -0.155. The van der Waals surface area contributed by atoms with Gasteiger partial charge in [-0.25, -0.2) is 4.98 Å². The second-order valence-electron chi connectivity index (χ2n) is 7.37. The van der Waals surface area contributed by atoms with Gasteiger partial charge in [-0.2, -0.15) is 0 Å². The zero-order chi connectivity index (χ0) is 21.9. The normalized spacial score (nSPS) is 10.8. The molecule has 6 heteroatoms. The van der Waals surface area contributed by atoms with E-state index in [2.05, 4.69) is 20.6 Å². The van der Waals surface area contributed by atoms with E-state index in [1.165, 1.54) is 0 Å². The number of benzene rings is 3. The molecule has 0 atom stereocenters. The van der Waals surface area contributed by atoms with Crippen LogP contribution in [0.25, 0.3) is 28.2 Å². The van der Waals surface area contributed by atoms with Crippen molar-refractivity contribution in [3.8, 4) is 22.6 Å². The van der Waals surface area contributed by atoms with Gasteiger partial charge in [0, 0.05) is 41.3 Å². The Labute approximate surface area is 185 Å². The number of rotatable bonds is 5. The van der Waals surface area contributed by atoms with Gasteiger partial charge in [0.1, 0.15) is 5.82 Å². The summed E-state index contributed by atoms with van der Waals surface area (Å²) in [5, 5.41) is 5.98. The molecule has 0 unspecified atom stereocenters. The van der Waals surface area contributed by atoms with Crippen LogP contribution < -0.4 is 10.6 Å². The predicted molar refractivity (Wildman–Crippen MR) is 128 cm³/mol. The van der Waals surface area contributed by atoms with Crippen molar-refractivity contribution < 1.29 is 4.79 Å². The maximum absolute atomic E-state index is 12.6. The summed E-state index contributed by atoms with van der Waals surface area (Å²) in [5.74, 6) is 0.645. The van der Waals surface area contributed by atoms with Gasteiger partial charge < -0.3 is 10.6 Å². The maximum Gasteiger partial charge on any atom is 0.255 e. The van der Waals surface area contributed by atoms with E-state index in [1.807, 2.05) is 103 Å². The molecule has 5 rings (SSSR count). The lowest BCUT2D eigenvalue weighted by molar-refractivity contribution is 0.102. The first-order chi connectivity index (χ1) is 15.7. The number of carbonyl (C=O) groups is 1. The summed E-state index contributed by atoms with van der Waals surface area (Å²) in [7, 11) is 1.86. The van der Waals surface area contributed by atoms with Gasteiger partial charge in [0.05, 0.1) is 23.6 Å². The molecule has 6 nitrogen and oxygen atoms in total. The molecular formula is C26H21N5O. The number of carbonyl (C=O) groups excluding carboxylic acids is 1. The van der Waals surface area contributed by atoms with Gasteiger partial charge in [-0.3, -0.25) is 14.2 Å². The van der Waals surface area contributed by atoms with Crippen LogP contribution in [-0.2, 0) is 0 Å². The molecule has 0 aliphatic rings. The van der Waals surface area contributed by atoms with Gasteiger partial charge in [-0.05, 0) is 36.4 Å². The topological polar surface area (TPSA) is 71.3 Å². The van der Waals surface area contributed by atoms with Crippen LogP contribution >= 0.6 is 0 Å². The Bertz CT molecular complexity index is 1370. The van der Waals surface area contributed by atoms with Gasteiger partial charge >= 0.3 is 0 Å². The number of nitrogens with zero attached hydrogens (tertiary/aromatic N) is 3. The monoisotopic (exact) mass is 419 g/mol. The van der Waals surface area contributed by atoms with Crippen molar-refractivity contribution in [1.82, 2.24) is 14.4 Å². The number of amides is 1. The Morgan fingerprint density at radius 1 is 0.781 bits per heavy atom. The molecular weight excluding hydrogens is 398 g/mol. The first-order valence-corrected chi connectivity index (χ1v) is 10.3. The van der Waals surface area contributed by atoms with E-state index < -0.39 is 0 Å². The van der Waals surface area contributed by atoms with Crippen molar-refractivity contribution >= 4 is 22.8 Å². The van der Waals surface area contributed by atoms with Crippen LogP contribution in [0.15, 0.2) is 97.5 Å². The average Bonchev–Trinajstić information content (AvgIpc) is 3.28. The lowest BCUT2D eigenvalue weighted by Crippen LogP contribution is -2.11. The molecule has 0 spiro atoms. The minimum Gasteiger partial charge on any atom is -0.388 e. The van der Waals surface area contributed by atoms with Gasteiger partial charge in [0.2, 0.25) is 0 Å². The summed E-state index contributed by atoms with van der Waals surface area (Å²) >= 11 is 0. The number of anilines is 2. The quantitative estimate of drug-likeness (QED) is 0.402. The van der Waals surface area contributed by atoms with Crippen LogP contribution in [0.4, 0.5) is 11.4 Å². The Balaban J connectivity index is 1.40. The average molecular weight is 419 g/mol. The van der Waals surface area contributed by atoms with Crippen LogP contribution in [-0.4, -0.2) is 27.3 Å². The van der Waals surface area contributed by atoms with Crippen molar-refractivity contribution in [1.29, 1.82) is 0 Å². The molecule has 0 radical (unpaired) electrons. The third-order valence-electron chi connectivity index (χ3n) is 5.32. The fraction of sp³-hybridized carbons (Fsp3) is 0.0385. The number of imidazole rings is 1. The second-order valence-corrected chi connectivity index (χ2v) is 7.37. The number of hydrogen-bond acceptors (Lipinski definition) is 4. The molecule has 2 N–H and O–H groups in total. The molecule has 0 aliphatic carbocycles. The van der Waals surface area contributed by atoms with E-state index in [-0.39, 0.29) is 5.91 Å². The highest BCUT2D eigenvalue weighted by molar-refractivity contribution is 6.04. The first-order valence-electron chi connectivity index (χ1n) is 10.3. The molecule has 0 bridgehead atoms. The van der Waals surface area contributed by atoms with Gasteiger partial charge in [-0.15, -0.1) is 0 Å². The molecule has 0 aliphatic heterocycles. The van der Waals surface area contributed by atoms with Crippen molar-refractivity contribution in [3.05, 3.63) is 103 Å². The van der Waals surface area contributed by atoms with Crippen LogP contribution in [0.2, 0.25) is 0 Å². The van der Waals surface area contributed by atoms with Crippen LogP contribution in [0.5, 0.6) is 0 Å². The summed E-state index contributed by atoms with van der Waals surface area (Å²) in [6.07, 6.45) is 5.61. The lowest BCUT2D eigenvalue weighted by atomic mass is 10.1. The fourth-order valence-electron chi connectivity index (χ4n) is 3.56. The Morgan fingerprint density at radius 2 is 1.47 bits per heavy atom. The zero-order valence-corrected chi connectivity index (χ0v) is 17.5. The van der Waals surface area contributed by atoms with E-state index in [4.69, 9.17) is 0 Å². The third kappa shape index (κ3) is 3.81. The molecule has 0 fully saturated rings. The van der Waals surface area contributed by atoms with E-state index >= 15 is 0 Å². The van der Waals surface area contributed by atoms with Crippen LogP contribution in [0, 0.1) is 0 Å². The highest BCUT2D eigenvalue weighted by Gasteiger charge is 2.11. The first kappa shape index (κ1) is 19.5. The van der Waals surface area contributed by atoms with E-state index in [1.54, 1.807) is 6.20 Å². The highest BCUT2D eigenvalue weighted by atomic mass is 16.1. The summed E-state index contributed by atoms with van der Waals surface area (Å²) in [6, 6.07) is 25.1. The number of nitrogens with one attached hydrogen (secondary N) is 2. The number of aromatic nitrogens is 3. The molecule has 0 saturated heterocycles. The molecule has 1 amide bonds. The van der Waals surface area contributed by atoms with Crippen molar-refractivity contribution in [2.45, 2.75) is 0 Å². The third-order valence-corrected chi connectivity index (χ3v) is 5.32. The fourth-order valence-corrected chi connectivity index (χ4v) is 3.56. The van der Waals surface area contributed by atoms with Crippen LogP contribution in [0.3, 0.4) is 0 Å². The molecule has 3 aromatic carbocycles. The Kier molecular flexibility index (Phi) is 5.09. The standard InChI is InChI=1S/C26H21N5O/c1-27-21-11-13-22(14-12-21)30-26(32)20-9-7-19(8-10-20)25-29-16-23-15-28-24(17-31(23)25)18-5-3-2-4-6-18/h2-17,27H,1H3,(H,30,32). The summed E-state index contributed by atoms with van der Waals surface area (Å²) in [4.78, 5) is 21.8. The van der Waals surface area contributed by atoms with Gasteiger partial charge in [0.25, 0.3) is 5.91 Å². The Hall–Kier alpha value is -4.45. The zero-order valence-electron chi connectivity index (χ0n) is 17.5. The van der Waals surface area contributed by atoms with E-state index in [0.29, 0.717) is 5.56 Å². The van der Waals surface area contributed by atoms with Gasteiger partial charge in [-0.1, -0.05) is 42.5 Å². The molecule has 156 valence electrons. The maximum atomic E-state index is 12.6. The predicted octanol–water partition coefficient (Wildman–Crippen LogP) is 5.36. The molecule has 2 aromatic heterocycles. The van der Waals surface area contributed by atoms with Crippen molar-refractivity contribution in [3.63, 3.8) is 0 Å². The lowest BCUT2D eigenvalue weighted by Gasteiger charge is -2.08. The summed E-state index contributed by atoms with van der Waals surface area (Å²) in [5.41, 5.74) is 6.07. The number of hydrogen-bond donors (Lipinski definition) is 2. The van der Waals surface area contributed by atoms with E-state index in [0.717, 1.165) is 39.5 Å². The van der Waals surface area contributed by atoms with Crippen molar-refractivity contribution in [2.75, 3.05) is 17.7 Å². The van der Waals surface area contributed by atoms with Crippen LogP contribution in [0.1, 0.15) is 10.4 Å². The SMILES string of the molecule is CNc1ccc(NC(=O)c2ccc(-c3ncc4cnc(-c5ccccc5)cn34)cc2)cc1. The Morgan fingerprint density at radius 3 is 2.19 bits per heavy atom. The largest absolute Gasteiger partial charge is 0.388 e. The second kappa shape index (κ2) is 8.35. The van der Waals surface area contributed by atoms with Gasteiger partial charge in [0.15, 0.2) is 0 Å². The summed E-state index contributed by atoms with van der Waals surface area (Å²) in [6.45, 7) is 0. The number of fused-ring (bicyclic) bond motifs is 1. The highest BCUT2D eigenvalue weighted by Crippen LogP contribution is 2.24. The molecule has 0 saturated carbocycles. The van der Waals surface area contributed by atoms with E-state index in [9.17, 15) is 4.79 Å². The summed E-state index contributed by atoms with van der Waals surface area (Å²) < 4.78 is 2.02. The molecule has 32 heavy (non-hydrogen) atoms. The minimum absolute atomic E-state index is 0.155. The van der Waals surface area contributed by atoms with Crippen molar-refractivity contribution in [2.24, 2.45) is 0 Å². The molecule has 2 heterocycles.